The summed E-state index contributed by atoms with van der Waals surface area (Å²) in [5.74, 6) is 13.3. The Morgan fingerprint density at radius 3 is 2.00 bits per heavy atom. The van der Waals surface area contributed by atoms with Gasteiger partial charge in [0.2, 0.25) is 0 Å². The van der Waals surface area contributed by atoms with E-state index in [0.717, 1.165) is 0 Å². The normalized spacial score (nSPS) is 6.50. The molecule has 122 valence electrons. The number of rotatable bonds is 6. The third kappa shape index (κ3) is 17.0. The first-order chi connectivity index (χ1) is 11.2. The van der Waals surface area contributed by atoms with Crippen molar-refractivity contribution in [3.05, 3.63) is 44.6 Å². The molecule has 0 aromatic carbocycles. The van der Waals surface area contributed by atoms with Gasteiger partial charge < -0.3 is 9.47 Å². The van der Waals surface area contributed by atoms with Crippen molar-refractivity contribution in [2.24, 2.45) is 0 Å². The summed E-state index contributed by atoms with van der Waals surface area (Å²) >= 11 is 0. The van der Waals surface area contributed by atoms with E-state index in [9.17, 15) is 9.59 Å². The average molecular weight is 489 g/mol. The third-order valence-electron chi connectivity index (χ3n) is 1.75. The first-order valence-corrected chi connectivity index (χ1v) is 6.34. The Hall–Kier alpha value is -3.04. The van der Waals surface area contributed by atoms with Crippen molar-refractivity contribution in [3.8, 4) is 47.7 Å². The summed E-state index contributed by atoms with van der Waals surface area (Å²) in [5, 5.41) is 0. The van der Waals surface area contributed by atoms with Gasteiger partial charge in [0.1, 0.15) is 12.2 Å². The zero-order chi connectivity index (χ0) is 17.2. The summed E-state index contributed by atoms with van der Waals surface area (Å²) in [6, 6.07) is 0. The Morgan fingerprint density at radius 2 is 1.46 bits per heavy atom. The molecule has 0 N–H and O–H groups in total. The zero-order valence-corrected chi connectivity index (χ0v) is 15.7. The van der Waals surface area contributed by atoms with Crippen LogP contribution in [0.4, 0.5) is 0 Å². The first kappa shape index (κ1) is 23.2. The molecular weight excluding hydrogens is 476 g/mol. The van der Waals surface area contributed by atoms with Crippen molar-refractivity contribution >= 4 is 11.9 Å². The van der Waals surface area contributed by atoms with Crippen LogP contribution in [0.5, 0.6) is 0 Å². The maximum absolute atomic E-state index is 11.2. The molecular formula is C19H13O4W-3. The van der Waals surface area contributed by atoms with Crippen LogP contribution in [0.15, 0.2) is 25.3 Å². The van der Waals surface area contributed by atoms with E-state index in [1.807, 2.05) is 0 Å². The smallest absolute Gasteiger partial charge is 0.317 e. The topological polar surface area (TPSA) is 52.6 Å². The number of esters is 2. The Labute approximate surface area is 157 Å². The van der Waals surface area contributed by atoms with E-state index in [4.69, 9.17) is 0 Å². The number of carbonyl (C=O) groups is 2. The molecule has 0 fully saturated rings. The molecule has 0 spiro atoms. The Bertz CT molecular complexity index is 616. The molecule has 4 nitrogen and oxygen atoms in total. The monoisotopic (exact) mass is 489 g/mol. The molecule has 0 aromatic heterocycles. The van der Waals surface area contributed by atoms with E-state index in [2.05, 4.69) is 70.4 Å². The van der Waals surface area contributed by atoms with Gasteiger partial charge in [0.25, 0.3) is 0 Å². The Kier molecular flexibility index (Phi) is 17.4. The molecule has 0 saturated heterocycles. The maximum Gasteiger partial charge on any atom is 0.317 e. The van der Waals surface area contributed by atoms with Gasteiger partial charge in [0.05, 0.1) is 0 Å². The summed E-state index contributed by atoms with van der Waals surface area (Å²) in [6.45, 7) is 6.87. The van der Waals surface area contributed by atoms with Crippen molar-refractivity contribution in [1.82, 2.24) is 0 Å². The molecule has 0 aliphatic carbocycles. The van der Waals surface area contributed by atoms with Gasteiger partial charge in [0, 0.05) is 27.5 Å². The molecule has 0 radical (unpaired) electrons. The summed E-state index contributed by atoms with van der Waals surface area (Å²) in [6.07, 6.45) is 11.6. The molecule has 24 heavy (non-hydrogen) atoms. The SMILES string of the molecule is C=C[CH-]C#CC#COC(=O)[CH-]CCC(=O)OC#CC#C[CH-]C=C.[W]. The van der Waals surface area contributed by atoms with Gasteiger partial charge in [-0.15, -0.1) is 19.3 Å². The fourth-order valence-corrected chi connectivity index (χ4v) is 0.883. The standard InChI is InChI=1S/C19H13O4.W/c1-3-5-7-9-11-16-22-18(20)14-13-15-19(21)23-17-12-10-8-6-4-2;/h3-6,14H,1-2,13,15H2;/q-3;. The fraction of sp³-hybridized carbons (Fsp3) is 0.105. The molecule has 0 aliphatic heterocycles. The van der Waals surface area contributed by atoms with E-state index in [0.29, 0.717) is 0 Å². The first-order valence-electron chi connectivity index (χ1n) is 6.34. The molecule has 0 bridgehead atoms. The van der Waals surface area contributed by atoms with E-state index in [1.54, 1.807) is 0 Å². The molecule has 0 saturated carbocycles. The number of hydrogen-bond donors (Lipinski definition) is 0. The number of carbonyl (C=O) groups excluding carboxylic acids is 2. The van der Waals surface area contributed by atoms with E-state index in [-0.39, 0.29) is 33.9 Å². The van der Waals surface area contributed by atoms with Crippen molar-refractivity contribution in [1.29, 1.82) is 0 Å². The second-order valence-corrected chi connectivity index (χ2v) is 3.44. The van der Waals surface area contributed by atoms with Gasteiger partial charge >= 0.3 is 5.97 Å². The van der Waals surface area contributed by atoms with Crippen molar-refractivity contribution in [2.75, 3.05) is 0 Å². The van der Waals surface area contributed by atoms with Gasteiger partial charge in [-0.2, -0.15) is 37.2 Å². The number of allylic oxidation sites excluding steroid dienone is 2. The molecule has 0 unspecified atom stereocenters. The molecule has 5 heteroatoms. The molecule has 0 atom stereocenters. The average Bonchev–Trinajstić information content (AvgIpc) is 2.54. The van der Waals surface area contributed by atoms with Crippen molar-refractivity contribution < 1.29 is 40.1 Å². The number of ether oxygens (including phenoxy) is 2. The molecule has 0 rings (SSSR count). The van der Waals surface area contributed by atoms with Gasteiger partial charge in [-0.25, -0.2) is 11.8 Å². The fourth-order valence-electron chi connectivity index (χ4n) is 0.883. The summed E-state index contributed by atoms with van der Waals surface area (Å²) in [7, 11) is 0. The van der Waals surface area contributed by atoms with Crippen LogP contribution < -0.4 is 0 Å². The predicted molar refractivity (Wildman–Crippen MR) is 85.8 cm³/mol. The Morgan fingerprint density at radius 1 is 0.917 bits per heavy atom. The molecule has 0 aromatic rings. The molecule has 0 aliphatic rings. The molecule has 0 heterocycles. The van der Waals surface area contributed by atoms with Gasteiger partial charge in [-0.1, -0.05) is 11.8 Å². The predicted octanol–water partition coefficient (Wildman–Crippen LogP) is 1.76. The second kappa shape index (κ2) is 18.0. The minimum atomic E-state index is -0.670. The summed E-state index contributed by atoms with van der Waals surface area (Å²) in [4.78, 5) is 22.5. The van der Waals surface area contributed by atoms with Crippen LogP contribution in [0.1, 0.15) is 12.8 Å². The van der Waals surface area contributed by atoms with Crippen molar-refractivity contribution in [3.63, 3.8) is 0 Å². The van der Waals surface area contributed by atoms with Gasteiger partial charge in [-0.3, -0.25) is 16.0 Å². The van der Waals surface area contributed by atoms with Crippen LogP contribution in [0.2, 0.25) is 0 Å². The van der Waals surface area contributed by atoms with Crippen LogP contribution in [0, 0.1) is 67.0 Å². The van der Waals surface area contributed by atoms with Crippen LogP contribution in [0.3, 0.4) is 0 Å². The minimum absolute atomic E-state index is 0. The van der Waals surface area contributed by atoms with Crippen LogP contribution >= 0.6 is 0 Å². The van der Waals surface area contributed by atoms with E-state index < -0.39 is 11.9 Å². The minimum Gasteiger partial charge on any atom is -0.402 e. The summed E-state index contributed by atoms with van der Waals surface area (Å²) in [5.41, 5.74) is 0. The second-order valence-electron chi connectivity index (χ2n) is 3.44. The van der Waals surface area contributed by atoms with E-state index >= 15 is 0 Å². The van der Waals surface area contributed by atoms with Crippen LogP contribution in [0.25, 0.3) is 0 Å². The third-order valence-corrected chi connectivity index (χ3v) is 1.75. The van der Waals surface area contributed by atoms with Crippen LogP contribution in [-0.2, 0) is 40.1 Å². The van der Waals surface area contributed by atoms with Gasteiger partial charge in [0.15, 0.2) is 5.97 Å². The van der Waals surface area contributed by atoms with Crippen molar-refractivity contribution in [2.45, 2.75) is 12.8 Å². The zero-order valence-electron chi connectivity index (χ0n) is 12.8. The largest absolute Gasteiger partial charge is 0.402 e. The van der Waals surface area contributed by atoms with Gasteiger partial charge in [-0.05, 0) is 0 Å². The molecule has 0 amide bonds. The Balaban J connectivity index is 0. The van der Waals surface area contributed by atoms with Crippen LogP contribution in [-0.4, -0.2) is 11.9 Å². The van der Waals surface area contributed by atoms with E-state index in [1.165, 1.54) is 31.4 Å². The summed E-state index contributed by atoms with van der Waals surface area (Å²) < 4.78 is 9.10. The number of hydrogen-bond acceptors (Lipinski definition) is 4. The quantitative estimate of drug-likeness (QED) is 0.325. The maximum atomic E-state index is 11.2.